The van der Waals surface area contributed by atoms with E-state index in [-0.39, 0.29) is 0 Å². The molecule has 4 nitrogen and oxygen atoms in total. The third-order valence-corrected chi connectivity index (χ3v) is 2.86. The van der Waals surface area contributed by atoms with Gasteiger partial charge >= 0.3 is 6.09 Å². The third-order valence-electron chi connectivity index (χ3n) is 2.62. The van der Waals surface area contributed by atoms with Gasteiger partial charge in [0.15, 0.2) is 0 Å². The van der Waals surface area contributed by atoms with Gasteiger partial charge in [-0.05, 0) is 52.3 Å². The fraction of sp³-hybridized carbons (Fsp3) is 0.562. The number of nitrogens with one attached hydrogen (secondary N) is 2. The molecule has 1 aromatic rings. The van der Waals surface area contributed by atoms with Crippen molar-refractivity contribution in [3.05, 3.63) is 34.9 Å². The van der Waals surface area contributed by atoms with Crippen molar-refractivity contribution >= 4 is 17.7 Å². The van der Waals surface area contributed by atoms with Gasteiger partial charge in [-0.2, -0.15) is 0 Å². The van der Waals surface area contributed by atoms with Crippen LogP contribution in [0.1, 0.15) is 40.2 Å². The van der Waals surface area contributed by atoms with Gasteiger partial charge in [-0.1, -0.05) is 23.7 Å². The van der Waals surface area contributed by atoms with Crippen molar-refractivity contribution in [2.75, 3.05) is 6.54 Å². The number of amides is 1. The van der Waals surface area contributed by atoms with Crippen LogP contribution in [-0.4, -0.2) is 23.8 Å². The highest BCUT2D eigenvalue weighted by molar-refractivity contribution is 6.30. The van der Waals surface area contributed by atoms with Crippen LogP contribution in [0.25, 0.3) is 0 Å². The van der Waals surface area contributed by atoms with Crippen molar-refractivity contribution in [3.63, 3.8) is 0 Å². The minimum absolute atomic E-state index is 0.402. The minimum atomic E-state index is -0.492. The SMILES string of the molecule is CC(C)(CNCc1cccc(Cl)c1)NC(=O)OC(C)(C)C. The number of carbonyl (C=O) groups is 1. The molecule has 0 aliphatic heterocycles. The lowest BCUT2D eigenvalue weighted by Gasteiger charge is -2.29. The zero-order valence-corrected chi connectivity index (χ0v) is 14.2. The maximum Gasteiger partial charge on any atom is 0.408 e. The Bertz CT molecular complexity index is 481. The van der Waals surface area contributed by atoms with Crippen LogP contribution in [-0.2, 0) is 11.3 Å². The van der Waals surface area contributed by atoms with Gasteiger partial charge in [0, 0.05) is 18.1 Å². The molecule has 118 valence electrons. The van der Waals surface area contributed by atoms with Crippen LogP contribution in [0.15, 0.2) is 24.3 Å². The first-order chi connectivity index (χ1) is 9.57. The molecule has 0 saturated carbocycles. The summed E-state index contributed by atoms with van der Waals surface area (Å²) >= 11 is 5.94. The normalized spacial score (nSPS) is 12.1. The molecule has 0 heterocycles. The van der Waals surface area contributed by atoms with Crippen molar-refractivity contribution in [1.29, 1.82) is 0 Å². The molecule has 0 bridgehead atoms. The van der Waals surface area contributed by atoms with E-state index in [1.807, 2.05) is 58.9 Å². The first-order valence-electron chi connectivity index (χ1n) is 7.04. The number of halogens is 1. The van der Waals surface area contributed by atoms with Gasteiger partial charge in [-0.25, -0.2) is 4.79 Å². The summed E-state index contributed by atoms with van der Waals surface area (Å²) in [7, 11) is 0. The second-order valence-electron chi connectivity index (χ2n) is 6.74. The average molecular weight is 313 g/mol. The summed E-state index contributed by atoms with van der Waals surface area (Å²) in [5.41, 5.74) is 0.213. The molecule has 0 unspecified atom stereocenters. The van der Waals surface area contributed by atoms with Crippen LogP contribution in [0.2, 0.25) is 5.02 Å². The van der Waals surface area contributed by atoms with Crippen molar-refractivity contribution in [3.8, 4) is 0 Å². The number of hydrogen-bond acceptors (Lipinski definition) is 3. The number of benzene rings is 1. The molecule has 0 fully saturated rings. The summed E-state index contributed by atoms with van der Waals surface area (Å²) in [6, 6.07) is 7.69. The van der Waals surface area contributed by atoms with E-state index in [2.05, 4.69) is 10.6 Å². The second kappa shape index (κ2) is 7.14. The maximum atomic E-state index is 11.8. The molecule has 1 aromatic carbocycles. The number of hydrogen-bond donors (Lipinski definition) is 2. The Morgan fingerprint density at radius 2 is 1.90 bits per heavy atom. The van der Waals surface area contributed by atoms with Crippen LogP contribution in [0, 0.1) is 0 Å². The highest BCUT2D eigenvalue weighted by Gasteiger charge is 2.24. The molecule has 0 aliphatic carbocycles. The van der Waals surface area contributed by atoms with Crippen molar-refractivity contribution in [2.45, 2.75) is 52.3 Å². The molecular formula is C16H25ClN2O2. The van der Waals surface area contributed by atoms with E-state index in [0.29, 0.717) is 13.1 Å². The largest absolute Gasteiger partial charge is 0.444 e. The van der Waals surface area contributed by atoms with Gasteiger partial charge in [0.25, 0.3) is 0 Å². The van der Waals surface area contributed by atoms with Crippen molar-refractivity contribution < 1.29 is 9.53 Å². The number of carbonyl (C=O) groups excluding carboxylic acids is 1. The van der Waals surface area contributed by atoms with E-state index < -0.39 is 17.2 Å². The molecule has 1 rings (SSSR count). The van der Waals surface area contributed by atoms with Crippen molar-refractivity contribution in [1.82, 2.24) is 10.6 Å². The zero-order chi connectivity index (χ0) is 16.1. The molecule has 0 spiro atoms. The minimum Gasteiger partial charge on any atom is -0.444 e. The predicted octanol–water partition coefficient (Wildman–Crippen LogP) is 3.73. The van der Waals surface area contributed by atoms with Crippen LogP contribution >= 0.6 is 11.6 Å². The Morgan fingerprint density at radius 3 is 2.48 bits per heavy atom. The quantitative estimate of drug-likeness (QED) is 0.871. The zero-order valence-electron chi connectivity index (χ0n) is 13.4. The van der Waals surface area contributed by atoms with Gasteiger partial charge in [0.2, 0.25) is 0 Å². The molecule has 0 aliphatic rings. The predicted molar refractivity (Wildman–Crippen MR) is 86.6 cm³/mol. The Hall–Kier alpha value is -1.26. The summed E-state index contributed by atoms with van der Waals surface area (Å²) in [4.78, 5) is 11.8. The Labute approximate surface area is 132 Å². The molecule has 0 aromatic heterocycles. The fourth-order valence-electron chi connectivity index (χ4n) is 1.79. The third kappa shape index (κ3) is 7.93. The smallest absolute Gasteiger partial charge is 0.408 e. The second-order valence-corrected chi connectivity index (χ2v) is 7.18. The molecule has 5 heteroatoms. The van der Waals surface area contributed by atoms with E-state index in [0.717, 1.165) is 10.6 Å². The van der Waals surface area contributed by atoms with E-state index in [9.17, 15) is 4.79 Å². The number of alkyl carbamates (subject to hydrolysis) is 1. The molecule has 0 atom stereocenters. The summed E-state index contributed by atoms with van der Waals surface area (Å²) < 4.78 is 5.26. The average Bonchev–Trinajstić information content (AvgIpc) is 2.24. The van der Waals surface area contributed by atoms with Crippen LogP contribution in [0.4, 0.5) is 4.79 Å². The first-order valence-corrected chi connectivity index (χ1v) is 7.41. The number of ether oxygens (including phenoxy) is 1. The molecule has 21 heavy (non-hydrogen) atoms. The molecule has 0 saturated heterocycles. The van der Waals surface area contributed by atoms with Crippen LogP contribution in [0.3, 0.4) is 0 Å². The molecular weight excluding hydrogens is 288 g/mol. The van der Waals surface area contributed by atoms with E-state index in [4.69, 9.17) is 16.3 Å². The molecule has 2 N–H and O–H groups in total. The highest BCUT2D eigenvalue weighted by Crippen LogP contribution is 2.11. The monoisotopic (exact) mass is 312 g/mol. The summed E-state index contributed by atoms with van der Waals surface area (Å²) in [6.07, 6.45) is -0.406. The van der Waals surface area contributed by atoms with Crippen LogP contribution in [0.5, 0.6) is 0 Å². The van der Waals surface area contributed by atoms with Gasteiger partial charge in [-0.15, -0.1) is 0 Å². The molecule has 0 radical (unpaired) electrons. The lowest BCUT2D eigenvalue weighted by molar-refractivity contribution is 0.0472. The Balaban J connectivity index is 2.40. The lowest BCUT2D eigenvalue weighted by atomic mass is 10.1. The van der Waals surface area contributed by atoms with Crippen LogP contribution < -0.4 is 10.6 Å². The standard InChI is InChI=1S/C16H25ClN2O2/c1-15(2,3)21-14(20)19-16(4,5)11-18-10-12-7-6-8-13(17)9-12/h6-9,18H,10-11H2,1-5H3,(H,19,20). The van der Waals surface area contributed by atoms with E-state index in [1.165, 1.54) is 0 Å². The summed E-state index contributed by atoms with van der Waals surface area (Å²) in [5.74, 6) is 0. The first kappa shape index (κ1) is 17.8. The highest BCUT2D eigenvalue weighted by atomic mass is 35.5. The fourth-order valence-corrected chi connectivity index (χ4v) is 2.00. The lowest BCUT2D eigenvalue weighted by Crippen LogP contribution is -2.51. The van der Waals surface area contributed by atoms with Gasteiger partial charge in [-0.3, -0.25) is 0 Å². The summed E-state index contributed by atoms with van der Waals surface area (Å²) in [6.45, 7) is 10.7. The topological polar surface area (TPSA) is 50.4 Å². The van der Waals surface area contributed by atoms with E-state index >= 15 is 0 Å². The van der Waals surface area contributed by atoms with Crippen molar-refractivity contribution in [2.24, 2.45) is 0 Å². The number of rotatable bonds is 5. The maximum absolute atomic E-state index is 11.8. The van der Waals surface area contributed by atoms with Gasteiger partial charge in [0.1, 0.15) is 5.60 Å². The Morgan fingerprint density at radius 1 is 1.24 bits per heavy atom. The summed E-state index contributed by atoms with van der Waals surface area (Å²) in [5, 5.41) is 6.89. The van der Waals surface area contributed by atoms with E-state index in [1.54, 1.807) is 0 Å². The Kier molecular flexibility index (Phi) is 6.05. The van der Waals surface area contributed by atoms with Gasteiger partial charge in [0.05, 0.1) is 5.54 Å². The molecule has 1 amide bonds. The van der Waals surface area contributed by atoms with Gasteiger partial charge < -0.3 is 15.4 Å².